The SMILES string of the molecule is CC[C@@H](C)CC(=O)CCCCCCCCCCCCCCCCCC(=O)O. The molecular formula is C24H46O3. The average Bonchev–Trinajstić information content (AvgIpc) is 2.63. The maximum atomic E-state index is 11.8. The van der Waals surface area contributed by atoms with E-state index < -0.39 is 5.97 Å². The number of aliphatic carboxylic acids is 1. The van der Waals surface area contributed by atoms with Gasteiger partial charge in [0.1, 0.15) is 5.78 Å². The zero-order valence-corrected chi connectivity index (χ0v) is 18.3. The van der Waals surface area contributed by atoms with E-state index in [0.29, 0.717) is 18.1 Å². The fourth-order valence-corrected chi connectivity index (χ4v) is 3.53. The molecule has 160 valence electrons. The van der Waals surface area contributed by atoms with E-state index in [2.05, 4.69) is 13.8 Å². The third kappa shape index (κ3) is 21.3. The highest BCUT2D eigenvalue weighted by Crippen LogP contribution is 2.15. The zero-order valence-electron chi connectivity index (χ0n) is 18.3. The summed E-state index contributed by atoms with van der Waals surface area (Å²) in [5, 5.41) is 8.57. The largest absolute Gasteiger partial charge is 0.481 e. The lowest BCUT2D eigenvalue weighted by Gasteiger charge is -2.07. The predicted octanol–water partition coefficient (Wildman–Crippen LogP) is 7.71. The van der Waals surface area contributed by atoms with Gasteiger partial charge in [0.05, 0.1) is 0 Å². The normalized spacial score (nSPS) is 12.2. The molecule has 0 bridgehead atoms. The molecule has 1 atom stereocenters. The Morgan fingerprint density at radius 2 is 0.963 bits per heavy atom. The second-order valence-corrected chi connectivity index (χ2v) is 8.45. The van der Waals surface area contributed by atoms with Gasteiger partial charge in [0.2, 0.25) is 0 Å². The molecule has 0 radical (unpaired) electrons. The number of rotatable bonds is 21. The first-order chi connectivity index (χ1) is 13.1. The summed E-state index contributed by atoms with van der Waals surface area (Å²) in [7, 11) is 0. The maximum absolute atomic E-state index is 11.8. The number of carboxylic acids is 1. The molecule has 0 aromatic carbocycles. The molecule has 0 aromatic rings. The number of carbonyl (C=O) groups is 2. The molecule has 0 saturated carbocycles. The quantitative estimate of drug-likeness (QED) is 0.207. The lowest BCUT2D eigenvalue weighted by molar-refractivity contribution is -0.137. The van der Waals surface area contributed by atoms with Gasteiger partial charge in [-0.25, -0.2) is 0 Å². The molecular weight excluding hydrogens is 336 g/mol. The Kier molecular flexibility index (Phi) is 19.3. The first kappa shape index (κ1) is 26.1. The van der Waals surface area contributed by atoms with Crippen molar-refractivity contribution in [3.05, 3.63) is 0 Å². The molecule has 0 heterocycles. The number of hydrogen-bond acceptors (Lipinski definition) is 2. The van der Waals surface area contributed by atoms with Crippen LogP contribution in [0.25, 0.3) is 0 Å². The Labute approximate surface area is 168 Å². The number of carbonyl (C=O) groups excluding carboxylic acids is 1. The predicted molar refractivity (Wildman–Crippen MR) is 115 cm³/mol. The molecule has 3 nitrogen and oxygen atoms in total. The van der Waals surface area contributed by atoms with Gasteiger partial charge < -0.3 is 5.11 Å². The van der Waals surface area contributed by atoms with Gasteiger partial charge in [-0.1, -0.05) is 104 Å². The van der Waals surface area contributed by atoms with E-state index in [-0.39, 0.29) is 0 Å². The summed E-state index contributed by atoms with van der Waals surface area (Å²) in [5.74, 6) is 0.355. The van der Waals surface area contributed by atoms with Gasteiger partial charge in [-0.2, -0.15) is 0 Å². The van der Waals surface area contributed by atoms with E-state index in [1.165, 1.54) is 77.0 Å². The van der Waals surface area contributed by atoms with E-state index >= 15 is 0 Å². The van der Waals surface area contributed by atoms with Crippen molar-refractivity contribution in [2.24, 2.45) is 5.92 Å². The van der Waals surface area contributed by atoms with E-state index in [1.807, 2.05) is 0 Å². The Hall–Kier alpha value is -0.860. The molecule has 0 amide bonds. The summed E-state index contributed by atoms with van der Waals surface area (Å²) >= 11 is 0. The Balaban J connectivity index is 3.13. The molecule has 0 aliphatic carbocycles. The maximum Gasteiger partial charge on any atom is 0.303 e. The van der Waals surface area contributed by atoms with Gasteiger partial charge in [-0.3, -0.25) is 9.59 Å². The summed E-state index contributed by atoms with van der Waals surface area (Å²) in [6.45, 7) is 4.33. The van der Waals surface area contributed by atoms with E-state index in [0.717, 1.165) is 38.5 Å². The molecule has 0 aromatic heterocycles. The number of ketones is 1. The molecule has 1 N–H and O–H groups in total. The molecule has 0 saturated heterocycles. The van der Waals surface area contributed by atoms with Crippen LogP contribution in [0.2, 0.25) is 0 Å². The summed E-state index contributed by atoms with van der Waals surface area (Å²) in [4.78, 5) is 22.2. The Morgan fingerprint density at radius 1 is 0.630 bits per heavy atom. The molecule has 0 aliphatic heterocycles. The smallest absolute Gasteiger partial charge is 0.303 e. The minimum atomic E-state index is -0.665. The Bertz CT molecular complexity index is 352. The molecule has 0 spiro atoms. The van der Waals surface area contributed by atoms with Crippen LogP contribution in [-0.4, -0.2) is 16.9 Å². The number of hydrogen-bond donors (Lipinski definition) is 1. The van der Waals surface area contributed by atoms with Crippen molar-refractivity contribution < 1.29 is 14.7 Å². The zero-order chi connectivity index (χ0) is 20.2. The van der Waals surface area contributed by atoms with Crippen LogP contribution in [0.4, 0.5) is 0 Å². The van der Waals surface area contributed by atoms with Crippen molar-refractivity contribution in [3.8, 4) is 0 Å². The first-order valence-electron chi connectivity index (χ1n) is 11.8. The van der Waals surface area contributed by atoms with Gasteiger partial charge in [-0.15, -0.1) is 0 Å². The third-order valence-corrected chi connectivity index (χ3v) is 5.62. The van der Waals surface area contributed by atoms with Crippen LogP contribution in [0.5, 0.6) is 0 Å². The van der Waals surface area contributed by atoms with Crippen molar-refractivity contribution in [3.63, 3.8) is 0 Å². The summed E-state index contributed by atoms with van der Waals surface area (Å²) in [6, 6.07) is 0. The molecule has 3 heteroatoms. The van der Waals surface area contributed by atoms with Crippen LogP contribution in [0, 0.1) is 5.92 Å². The number of unbranched alkanes of at least 4 members (excludes halogenated alkanes) is 14. The van der Waals surface area contributed by atoms with Crippen LogP contribution in [-0.2, 0) is 9.59 Å². The van der Waals surface area contributed by atoms with Crippen LogP contribution in [0.15, 0.2) is 0 Å². The molecule has 0 rings (SSSR count). The van der Waals surface area contributed by atoms with Crippen LogP contribution >= 0.6 is 0 Å². The average molecular weight is 383 g/mol. The molecule has 0 unspecified atom stereocenters. The summed E-state index contributed by atoms with van der Waals surface area (Å²) < 4.78 is 0. The number of Topliss-reactive ketones (excluding diaryl/α,β-unsaturated/α-hetero) is 1. The van der Waals surface area contributed by atoms with Gasteiger partial charge in [0.15, 0.2) is 0 Å². The van der Waals surface area contributed by atoms with Gasteiger partial charge in [0, 0.05) is 19.3 Å². The fraction of sp³-hybridized carbons (Fsp3) is 0.917. The lowest BCUT2D eigenvalue weighted by Crippen LogP contribution is -2.04. The lowest BCUT2D eigenvalue weighted by atomic mass is 9.98. The summed E-state index contributed by atoms with van der Waals surface area (Å²) in [6.07, 6.45) is 21.8. The van der Waals surface area contributed by atoms with Crippen LogP contribution in [0.3, 0.4) is 0 Å². The van der Waals surface area contributed by atoms with E-state index in [9.17, 15) is 9.59 Å². The van der Waals surface area contributed by atoms with Gasteiger partial charge in [-0.05, 0) is 18.8 Å². The Morgan fingerprint density at radius 3 is 1.30 bits per heavy atom. The van der Waals surface area contributed by atoms with Gasteiger partial charge >= 0.3 is 5.97 Å². The van der Waals surface area contributed by atoms with E-state index in [1.54, 1.807) is 0 Å². The van der Waals surface area contributed by atoms with Gasteiger partial charge in [0.25, 0.3) is 0 Å². The van der Waals surface area contributed by atoms with Crippen molar-refractivity contribution in [2.45, 2.75) is 136 Å². The monoisotopic (exact) mass is 382 g/mol. The molecule has 0 fully saturated rings. The second-order valence-electron chi connectivity index (χ2n) is 8.45. The third-order valence-electron chi connectivity index (χ3n) is 5.62. The highest BCUT2D eigenvalue weighted by Gasteiger charge is 2.06. The number of carboxylic acid groups (broad SMARTS) is 1. The van der Waals surface area contributed by atoms with Crippen molar-refractivity contribution in [2.75, 3.05) is 0 Å². The highest BCUT2D eigenvalue weighted by atomic mass is 16.4. The molecule has 0 aliphatic rings. The van der Waals surface area contributed by atoms with Crippen molar-refractivity contribution >= 4 is 11.8 Å². The molecule has 27 heavy (non-hydrogen) atoms. The highest BCUT2D eigenvalue weighted by molar-refractivity contribution is 5.78. The van der Waals surface area contributed by atoms with Crippen LogP contribution in [0.1, 0.15) is 136 Å². The second kappa shape index (κ2) is 19.9. The summed E-state index contributed by atoms with van der Waals surface area (Å²) in [5.41, 5.74) is 0. The van der Waals surface area contributed by atoms with Crippen molar-refractivity contribution in [1.82, 2.24) is 0 Å². The van der Waals surface area contributed by atoms with E-state index in [4.69, 9.17) is 5.11 Å². The standard InChI is InChI=1S/C24H46O3/c1-3-22(2)21-23(25)19-17-15-13-11-9-7-5-4-6-8-10-12-14-16-18-20-24(26)27/h22H,3-21H2,1-2H3,(H,26,27)/t22-/m1/s1. The first-order valence-corrected chi connectivity index (χ1v) is 11.8. The van der Waals surface area contributed by atoms with Crippen molar-refractivity contribution in [1.29, 1.82) is 0 Å². The minimum absolute atomic E-state index is 0.330. The minimum Gasteiger partial charge on any atom is -0.481 e. The van der Waals surface area contributed by atoms with Crippen LogP contribution < -0.4 is 0 Å². The fourth-order valence-electron chi connectivity index (χ4n) is 3.53. The topological polar surface area (TPSA) is 54.4 Å².